The van der Waals surface area contributed by atoms with Gasteiger partial charge in [0.1, 0.15) is 30.5 Å². The fourth-order valence-corrected chi connectivity index (χ4v) is 5.73. The second-order valence-electron chi connectivity index (χ2n) is 14.0. The van der Waals surface area contributed by atoms with E-state index < -0.39 is 43.4 Å². The first-order chi connectivity index (χ1) is 26.9. The van der Waals surface area contributed by atoms with E-state index in [4.69, 9.17) is 18.9 Å². The largest absolute Gasteiger partial charge is 0.457 e. The van der Waals surface area contributed by atoms with Crippen molar-refractivity contribution in [1.82, 2.24) is 0 Å². The van der Waals surface area contributed by atoms with Crippen molar-refractivity contribution < 1.29 is 44.2 Å². The average Bonchev–Trinajstić information content (AvgIpc) is 3.18. The van der Waals surface area contributed by atoms with Crippen LogP contribution in [0.25, 0.3) is 0 Å². The zero-order valence-electron chi connectivity index (χ0n) is 34.1. The minimum Gasteiger partial charge on any atom is -0.457 e. The molecular weight excluding hydrogens is 696 g/mol. The highest BCUT2D eigenvalue weighted by molar-refractivity contribution is 5.69. The van der Waals surface area contributed by atoms with Crippen molar-refractivity contribution in [2.45, 2.75) is 173 Å². The number of ether oxygens (including phenoxy) is 4. The number of aliphatic hydroxyl groups is 4. The number of hydrogen-bond donors (Lipinski definition) is 4. The molecule has 314 valence electrons. The maximum atomic E-state index is 12.7. The summed E-state index contributed by atoms with van der Waals surface area (Å²) in [6.45, 7) is 4.29. The summed E-state index contributed by atoms with van der Waals surface area (Å²) in [5.74, 6) is -0.363. The van der Waals surface area contributed by atoms with E-state index in [9.17, 15) is 25.2 Å². The molecule has 6 unspecified atom stereocenters. The molecule has 0 spiro atoms. The van der Waals surface area contributed by atoms with Gasteiger partial charge in [0.15, 0.2) is 6.29 Å². The summed E-state index contributed by atoms with van der Waals surface area (Å²) in [6, 6.07) is 0. The fourth-order valence-electron chi connectivity index (χ4n) is 5.73. The molecule has 1 heterocycles. The van der Waals surface area contributed by atoms with E-state index >= 15 is 0 Å². The average molecular weight is 773 g/mol. The third-order valence-electron chi connectivity index (χ3n) is 9.03. The minimum absolute atomic E-state index is 0.117. The van der Waals surface area contributed by atoms with Crippen LogP contribution in [0.15, 0.2) is 85.1 Å². The molecule has 4 N–H and O–H groups in total. The quantitative estimate of drug-likeness (QED) is 0.0287. The van der Waals surface area contributed by atoms with Crippen molar-refractivity contribution in [2.24, 2.45) is 0 Å². The number of allylic oxidation sites excluding steroid dienone is 14. The summed E-state index contributed by atoms with van der Waals surface area (Å²) >= 11 is 0. The predicted octanol–water partition coefficient (Wildman–Crippen LogP) is 9.08. The van der Waals surface area contributed by atoms with Gasteiger partial charge in [-0.15, -0.1) is 0 Å². The van der Waals surface area contributed by atoms with Crippen molar-refractivity contribution in [1.29, 1.82) is 0 Å². The molecule has 0 aromatic rings. The second kappa shape index (κ2) is 37.0. The van der Waals surface area contributed by atoms with Crippen LogP contribution in [-0.2, 0) is 23.7 Å². The van der Waals surface area contributed by atoms with E-state index in [1.54, 1.807) is 0 Å². The summed E-state index contributed by atoms with van der Waals surface area (Å²) in [5.41, 5.74) is 0. The van der Waals surface area contributed by atoms with Crippen LogP contribution in [-0.4, -0.2) is 89.6 Å². The third-order valence-corrected chi connectivity index (χ3v) is 9.03. The standard InChI is InChI=1S/C46H76O9/c1-3-5-7-9-11-13-15-16-17-18-19-20-21-22-23-24-25-27-29-31-33-35-42(48)54-40(39-53-46-45(51)44(50)43(49)41(37-47)55-46)38-52-36-34-32-30-28-26-14-12-10-8-6-4-2/h5,7-8,10-11,13,16-17,19-20,22-23,25,27,40-41,43-47,49-51H,3-4,6,9,12,14-15,18,21,24,26,28-39H2,1-2H3/b7-5-,10-8-,13-11-,17-16-,20-19-,23-22-,27-25-. The highest BCUT2D eigenvalue weighted by Crippen LogP contribution is 2.22. The molecular formula is C46H76O9. The van der Waals surface area contributed by atoms with Gasteiger partial charge in [-0.05, 0) is 83.5 Å². The summed E-state index contributed by atoms with van der Waals surface area (Å²) in [4.78, 5) is 12.7. The van der Waals surface area contributed by atoms with Gasteiger partial charge in [-0.2, -0.15) is 0 Å². The van der Waals surface area contributed by atoms with Gasteiger partial charge in [0.25, 0.3) is 0 Å². The Kier molecular flexibility index (Phi) is 33.9. The Bertz CT molecular complexity index is 1110. The molecule has 1 aliphatic rings. The van der Waals surface area contributed by atoms with E-state index in [2.05, 4.69) is 98.9 Å². The van der Waals surface area contributed by atoms with Crippen molar-refractivity contribution in [3.8, 4) is 0 Å². The minimum atomic E-state index is -1.55. The Balaban J connectivity index is 2.33. The SMILES string of the molecule is CC/C=C\C/C=C\C/C=C\C/C=C\C/C=C\C/C=C\CCCCC(=O)OC(COCCCCCCCC/C=C\CCC)COC1OC(CO)C(O)C(O)C1O. The molecule has 1 fully saturated rings. The van der Waals surface area contributed by atoms with E-state index in [0.29, 0.717) is 13.0 Å². The van der Waals surface area contributed by atoms with Crippen LogP contribution in [0.1, 0.15) is 136 Å². The number of aliphatic hydroxyl groups excluding tert-OH is 4. The molecule has 9 nitrogen and oxygen atoms in total. The topological polar surface area (TPSA) is 135 Å². The van der Waals surface area contributed by atoms with Crippen LogP contribution in [0, 0.1) is 0 Å². The second-order valence-corrected chi connectivity index (χ2v) is 14.0. The molecule has 55 heavy (non-hydrogen) atoms. The van der Waals surface area contributed by atoms with Gasteiger partial charge < -0.3 is 39.4 Å². The van der Waals surface area contributed by atoms with E-state index in [1.807, 2.05) is 0 Å². The molecule has 9 heteroatoms. The maximum absolute atomic E-state index is 12.7. The van der Waals surface area contributed by atoms with Gasteiger partial charge in [-0.25, -0.2) is 0 Å². The first-order valence-corrected chi connectivity index (χ1v) is 21.2. The number of carbonyl (C=O) groups excluding carboxylic acids is 1. The van der Waals surface area contributed by atoms with E-state index in [0.717, 1.165) is 83.5 Å². The molecule has 0 amide bonds. The maximum Gasteiger partial charge on any atom is 0.306 e. The number of rotatable bonds is 34. The first kappa shape index (κ1) is 50.4. The highest BCUT2D eigenvalue weighted by Gasteiger charge is 2.44. The van der Waals surface area contributed by atoms with Gasteiger partial charge in [-0.1, -0.05) is 131 Å². The lowest BCUT2D eigenvalue weighted by molar-refractivity contribution is -0.305. The van der Waals surface area contributed by atoms with E-state index in [1.165, 1.54) is 25.7 Å². The molecule has 1 aliphatic heterocycles. The smallest absolute Gasteiger partial charge is 0.306 e. The van der Waals surface area contributed by atoms with Crippen molar-refractivity contribution in [3.63, 3.8) is 0 Å². The molecule has 6 atom stereocenters. The van der Waals surface area contributed by atoms with Crippen LogP contribution in [0.5, 0.6) is 0 Å². The zero-order chi connectivity index (χ0) is 40.0. The number of unbranched alkanes of at least 4 members (excludes halogenated alkanes) is 9. The normalized spacial score (nSPS) is 21.6. The van der Waals surface area contributed by atoms with Crippen molar-refractivity contribution in [3.05, 3.63) is 85.1 Å². The van der Waals surface area contributed by atoms with Gasteiger partial charge in [0.05, 0.1) is 19.8 Å². The van der Waals surface area contributed by atoms with Gasteiger partial charge in [0, 0.05) is 13.0 Å². The molecule has 1 saturated heterocycles. The highest BCUT2D eigenvalue weighted by atomic mass is 16.7. The van der Waals surface area contributed by atoms with Crippen LogP contribution < -0.4 is 0 Å². The summed E-state index contributed by atoms with van der Waals surface area (Å²) in [7, 11) is 0. The fraction of sp³-hybridized carbons (Fsp3) is 0.674. The molecule has 0 saturated carbocycles. The lowest BCUT2D eigenvalue weighted by Gasteiger charge is -2.39. The molecule has 0 aromatic heterocycles. The summed E-state index contributed by atoms with van der Waals surface area (Å²) in [6.07, 6.45) is 41.8. The molecule has 1 rings (SSSR count). The van der Waals surface area contributed by atoms with Crippen LogP contribution in [0.4, 0.5) is 0 Å². The van der Waals surface area contributed by atoms with Crippen LogP contribution in [0.2, 0.25) is 0 Å². The van der Waals surface area contributed by atoms with Crippen LogP contribution >= 0.6 is 0 Å². The molecule has 0 aromatic carbocycles. The van der Waals surface area contributed by atoms with Gasteiger partial charge >= 0.3 is 5.97 Å². The Morgan fingerprint density at radius 1 is 0.600 bits per heavy atom. The molecule has 0 aliphatic carbocycles. The molecule has 0 bridgehead atoms. The first-order valence-electron chi connectivity index (χ1n) is 21.2. The van der Waals surface area contributed by atoms with Gasteiger partial charge in [-0.3, -0.25) is 4.79 Å². The summed E-state index contributed by atoms with van der Waals surface area (Å²) < 4.78 is 22.7. The monoisotopic (exact) mass is 773 g/mol. The van der Waals surface area contributed by atoms with Crippen LogP contribution in [0.3, 0.4) is 0 Å². The predicted molar refractivity (Wildman–Crippen MR) is 223 cm³/mol. The Hall–Kier alpha value is -2.63. The third kappa shape index (κ3) is 28.4. The zero-order valence-corrected chi connectivity index (χ0v) is 34.1. The number of carbonyl (C=O) groups is 1. The Morgan fingerprint density at radius 3 is 1.69 bits per heavy atom. The van der Waals surface area contributed by atoms with Crippen molar-refractivity contribution >= 4 is 5.97 Å². The van der Waals surface area contributed by atoms with E-state index in [-0.39, 0.29) is 25.6 Å². The number of hydrogen-bond acceptors (Lipinski definition) is 9. The Morgan fingerprint density at radius 2 is 1.11 bits per heavy atom. The molecule has 0 radical (unpaired) electrons. The lowest BCUT2D eigenvalue weighted by Crippen LogP contribution is -2.59. The summed E-state index contributed by atoms with van der Waals surface area (Å²) in [5, 5.41) is 40.0. The number of esters is 1. The lowest BCUT2D eigenvalue weighted by atomic mass is 9.99. The van der Waals surface area contributed by atoms with Gasteiger partial charge in [0.2, 0.25) is 0 Å². The Labute approximate surface area is 333 Å². The van der Waals surface area contributed by atoms with Crippen molar-refractivity contribution in [2.75, 3.05) is 26.4 Å².